The van der Waals surface area contributed by atoms with Crippen LogP contribution < -0.4 is 5.32 Å². The molecule has 0 spiro atoms. The number of hydrogen-bond donors (Lipinski definition) is 1. The summed E-state index contributed by atoms with van der Waals surface area (Å²) in [5.74, 6) is 0. The summed E-state index contributed by atoms with van der Waals surface area (Å²) in [6.07, 6.45) is 4.96. The topological polar surface area (TPSA) is 29.9 Å². The Morgan fingerprint density at radius 3 is 3.00 bits per heavy atom. The lowest BCUT2D eigenvalue weighted by Crippen LogP contribution is -2.16. The van der Waals surface area contributed by atoms with Crippen molar-refractivity contribution in [3.63, 3.8) is 0 Å². The molecule has 3 nitrogen and oxygen atoms in total. The van der Waals surface area contributed by atoms with Gasteiger partial charge in [-0.05, 0) is 26.4 Å². The number of nitrogens with zero attached hydrogens (tertiary/aromatic N) is 2. The normalized spacial score (nSPS) is 10.5. The Labute approximate surface area is 73.8 Å². The van der Waals surface area contributed by atoms with Crippen molar-refractivity contribution in [1.29, 1.82) is 0 Å². The van der Waals surface area contributed by atoms with Crippen molar-refractivity contribution < 1.29 is 0 Å². The molecular weight excluding hydrogens is 150 g/mol. The van der Waals surface area contributed by atoms with Gasteiger partial charge in [0.1, 0.15) is 0 Å². The summed E-state index contributed by atoms with van der Waals surface area (Å²) in [4.78, 5) is 4.06. The van der Waals surface area contributed by atoms with E-state index in [9.17, 15) is 0 Å². The lowest BCUT2D eigenvalue weighted by atomic mass is 10.4. The fourth-order valence-electron chi connectivity index (χ4n) is 1.17. The van der Waals surface area contributed by atoms with Gasteiger partial charge >= 0.3 is 0 Å². The molecule has 0 aliphatic carbocycles. The first-order valence-electron chi connectivity index (χ1n) is 4.52. The van der Waals surface area contributed by atoms with E-state index in [1.807, 2.05) is 12.5 Å². The van der Waals surface area contributed by atoms with Gasteiger partial charge in [-0.3, -0.25) is 0 Å². The molecule has 1 aromatic heterocycles. The summed E-state index contributed by atoms with van der Waals surface area (Å²) in [7, 11) is 0. The van der Waals surface area contributed by atoms with E-state index in [0.717, 1.165) is 19.6 Å². The van der Waals surface area contributed by atoms with Gasteiger partial charge in [-0.1, -0.05) is 6.92 Å². The third kappa shape index (κ3) is 2.66. The van der Waals surface area contributed by atoms with E-state index >= 15 is 0 Å². The highest BCUT2D eigenvalue weighted by Gasteiger charge is 1.94. The van der Waals surface area contributed by atoms with Gasteiger partial charge in [0.25, 0.3) is 0 Å². The maximum Gasteiger partial charge on any atom is 0.0948 e. The van der Waals surface area contributed by atoms with Crippen LogP contribution in [0.1, 0.15) is 19.0 Å². The minimum atomic E-state index is 1.06. The Bertz CT molecular complexity index is 217. The first kappa shape index (κ1) is 9.26. The number of aromatic nitrogens is 2. The summed E-state index contributed by atoms with van der Waals surface area (Å²) in [6, 6.07) is 0. The van der Waals surface area contributed by atoms with Crippen LogP contribution in [0.25, 0.3) is 0 Å². The molecule has 0 radical (unpaired) electrons. The number of rotatable bonds is 5. The average molecular weight is 167 g/mol. The standard InChI is InChI=1S/C9H17N3/c1-3-10-5-4-6-12-8-11-7-9(12)2/h7-8,10H,3-6H2,1-2H3. The van der Waals surface area contributed by atoms with Gasteiger partial charge in [0.15, 0.2) is 0 Å². The zero-order valence-electron chi connectivity index (χ0n) is 7.88. The molecule has 68 valence electrons. The van der Waals surface area contributed by atoms with Crippen LogP contribution in [0.4, 0.5) is 0 Å². The average Bonchev–Trinajstić information content (AvgIpc) is 2.46. The molecule has 0 unspecified atom stereocenters. The van der Waals surface area contributed by atoms with Crippen LogP contribution in [0, 0.1) is 6.92 Å². The minimum absolute atomic E-state index is 1.06. The van der Waals surface area contributed by atoms with Gasteiger partial charge in [-0.25, -0.2) is 4.98 Å². The molecule has 1 heterocycles. The molecule has 3 heteroatoms. The summed E-state index contributed by atoms with van der Waals surface area (Å²) < 4.78 is 2.18. The Morgan fingerprint density at radius 1 is 1.58 bits per heavy atom. The van der Waals surface area contributed by atoms with Crippen LogP contribution in [-0.4, -0.2) is 22.6 Å². The SMILES string of the molecule is CCNCCCn1cncc1C. The summed E-state index contributed by atoms with van der Waals surface area (Å²) >= 11 is 0. The van der Waals surface area contributed by atoms with E-state index in [0.29, 0.717) is 0 Å². The Morgan fingerprint density at radius 2 is 2.42 bits per heavy atom. The van der Waals surface area contributed by atoms with Gasteiger partial charge in [0.05, 0.1) is 6.33 Å². The first-order valence-corrected chi connectivity index (χ1v) is 4.52. The molecule has 0 saturated heterocycles. The monoisotopic (exact) mass is 167 g/mol. The fraction of sp³-hybridized carbons (Fsp3) is 0.667. The van der Waals surface area contributed by atoms with Crippen molar-refractivity contribution in [2.24, 2.45) is 0 Å². The number of imidazole rings is 1. The fourth-order valence-corrected chi connectivity index (χ4v) is 1.17. The molecule has 0 aliphatic rings. The molecule has 1 aromatic rings. The second-order valence-corrected chi connectivity index (χ2v) is 2.94. The zero-order valence-corrected chi connectivity index (χ0v) is 7.88. The van der Waals surface area contributed by atoms with Gasteiger partial charge in [0, 0.05) is 18.4 Å². The highest BCUT2D eigenvalue weighted by Crippen LogP contribution is 1.97. The van der Waals surface area contributed by atoms with Crippen LogP contribution in [0.5, 0.6) is 0 Å². The van der Waals surface area contributed by atoms with Crippen molar-refractivity contribution >= 4 is 0 Å². The van der Waals surface area contributed by atoms with E-state index in [4.69, 9.17) is 0 Å². The molecule has 0 aliphatic heterocycles. The maximum absolute atomic E-state index is 4.06. The third-order valence-corrected chi connectivity index (χ3v) is 1.92. The molecule has 1 N–H and O–H groups in total. The van der Waals surface area contributed by atoms with Gasteiger partial charge in [-0.15, -0.1) is 0 Å². The van der Waals surface area contributed by atoms with Crippen molar-refractivity contribution in [2.75, 3.05) is 13.1 Å². The van der Waals surface area contributed by atoms with E-state index in [1.54, 1.807) is 0 Å². The van der Waals surface area contributed by atoms with Crippen LogP contribution in [-0.2, 0) is 6.54 Å². The lowest BCUT2D eigenvalue weighted by Gasteiger charge is -2.04. The van der Waals surface area contributed by atoms with E-state index in [1.165, 1.54) is 12.1 Å². The molecule has 12 heavy (non-hydrogen) atoms. The number of nitrogens with one attached hydrogen (secondary N) is 1. The molecule has 1 rings (SSSR count). The van der Waals surface area contributed by atoms with Gasteiger partial charge < -0.3 is 9.88 Å². The van der Waals surface area contributed by atoms with Gasteiger partial charge in [0.2, 0.25) is 0 Å². The molecule has 0 fully saturated rings. The summed E-state index contributed by atoms with van der Waals surface area (Å²) in [5, 5.41) is 3.30. The summed E-state index contributed by atoms with van der Waals surface area (Å²) in [6.45, 7) is 7.43. The number of hydrogen-bond acceptors (Lipinski definition) is 2. The highest BCUT2D eigenvalue weighted by molar-refractivity contribution is 4.93. The van der Waals surface area contributed by atoms with E-state index in [2.05, 4.69) is 28.7 Å². The Kier molecular flexibility index (Phi) is 3.80. The molecule has 0 aromatic carbocycles. The van der Waals surface area contributed by atoms with Crippen LogP contribution in [0.2, 0.25) is 0 Å². The predicted octanol–water partition coefficient (Wildman–Crippen LogP) is 1.19. The highest BCUT2D eigenvalue weighted by atomic mass is 15.0. The second kappa shape index (κ2) is 4.93. The Hall–Kier alpha value is -0.830. The lowest BCUT2D eigenvalue weighted by molar-refractivity contribution is 0.584. The largest absolute Gasteiger partial charge is 0.335 e. The molecule has 0 atom stereocenters. The van der Waals surface area contributed by atoms with Gasteiger partial charge in [-0.2, -0.15) is 0 Å². The van der Waals surface area contributed by atoms with Crippen molar-refractivity contribution in [2.45, 2.75) is 26.8 Å². The molecular formula is C9H17N3. The third-order valence-electron chi connectivity index (χ3n) is 1.92. The maximum atomic E-state index is 4.06. The summed E-state index contributed by atoms with van der Waals surface area (Å²) in [5.41, 5.74) is 1.24. The van der Waals surface area contributed by atoms with E-state index < -0.39 is 0 Å². The second-order valence-electron chi connectivity index (χ2n) is 2.94. The van der Waals surface area contributed by atoms with Crippen LogP contribution in [0.15, 0.2) is 12.5 Å². The zero-order chi connectivity index (χ0) is 8.81. The van der Waals surface area contributed by atoms with Crippen LogP contribution in [0.3, 0.4) is 0 Å². The Balaban J connectivity index is 2.20. The molecule has 0 amide bonds. The van der Waals surface area contributed by atoms with Crippen molar-refractivity contribution in [3.05, 3.63) is 18.2 Å². The van der Waals surface area contributed by atoms with E-state index in [-0.39, 0.29) is 0 Å². The first-order chi connectivity index (χ1) is 5.84. The van der Waals surface area contributed by atoms with Crippen LogP contribution >= 0.6 is 0 Å². The number of aryl methyl sites for hydroxylation is 2. The quantitative estimate of drug-likeness (QED) is 0.668. The smallest absolute Gasteiger partial charge is 0.0948 e. The molecule has 0 saturated carbocycles. The minimum Gasteiger partial charge on any atom is -0.335 e. The van der Waals surface area contributed by atoms with Crippen molar-refractivity contribution in [3.8, 4) is 0 Å². The predicted molar refractivity (Wildman–Crippen MR) is 50.1 cm³/mol. The molecule has 0 bridgehead atoms. The van der Waals surface area contributed by atoms with Crippen molar-refractivity contribution in [1.82, 2.24) is 14.9 Å².